The molecule has 0 aliphatic rings. The first kappa shape index (κ1) is 17.9. The molecular weight excluding hydrogens is 252 g/mol. The number of rotatable bonds is 5. The second-order valence-corrected chi connectivity index (χ2v) is 5.49. The van der Waals surface area contributed by atoms with Crippen molar-refractivity contribution in [1.29, 1.82) is 0 Å². The van der Waals surface area contributed by atoms with Crippen molar-refractivity contribution in [2.45, 2.75) is 40.5 Å². The van der Waals surface area contributed by atoms with Crippen LogP contribution in [0.5, 0.6) is 0 Å². The van der Waals surface area contributed by atoms with E-state index in [1.807, 2.05) is 6.07 Å². The number of hydrogen-bond acceptors (Lipinski definition) is 1. The van der Waals surface area contributed by atoms with Crippen LogP contribution in [0.3, 0.4) is 0 Å². The van der Waals surface area contributed by atoms with E-state index in [1.165, 1.54) is 5.56 Å². The molecule has 0 saturated carbocycles. The van der Waals surface area contributed by atoms with Crippen molar-refractivity contribution in [3.8, 4) is 0 Å². The van der Waals surface area contributed by atoms with E-state index in [0.717, 1.165) is 18.4 Å². The van der Waals surface area contributed by atoms with Crippen molar-refractivity contribution in [2.24, 2.45) is 11.8 Å². The van der Waals surface area contributed by atoms with Crippen molar-refractivity contribution in [1.82, 2.24) is 0 Å². The summed E-state index contributed by atoms with van der Waals surface area (Å²) >= 11 is 0. The van der Waals surface area contributed by atoms with Crippen LogP contribution in [0.15, 0.2) is 18.2 Å². The van der Waals surface area contributed by atoms with Crippen molar-refractivity contribution < 1.29 is 9.90 Å². The van der Waals surface area contributed by atoms with Crippen LogP contribution in [0, 0.1) is 11.8 Å². The van der Waals surface area contributed by atoms with E-state index in [2.05, 4.69) is 33.8 Å². The molecule has 2 nitrogen and oxygen atoms in total. The Kier molecular flexibility index (Phi) is 8.16. The molecule has 18 heavy (non-hydrogen) atoms. The molecule has 0 aliphatic carbocycles. The molecule has 0 amide bonds. The van der Waals surface area contributed by atoms with Crippen molar-refractivity contribution in [3.05, 3.63) is 34.9 Å². The molecule has 0 heterocycles. The van der Waals surface area contributed by atoms with Crippen LogP contribution in [-0.4, -0.2) is 48.8 Å². The minimum absolute atomic E-state index is 0. The van der Waals surface area contributed by atoms with Gasteiger partial charge >= 0.3 is 43.7 Å². The molecule has 3 heteroatoms. The molecule has 0 radical (unpaired) electrons. The molecular formula is C15H24CaO2. The van der Waals surface area contributed by atoms with Crippen LogP contribution in [0.1, 0.15) is 49.2 Å². The summed E-state index contributed by atoms with van der Waals surface area (Å²) < 4.78 is 0. The number of carboxylic acids is 1. The Balaban J connectivity index is 0.00000289. The Bertz CT molecular complexity index is 397. The van der Waals surface area contributed by atoms with Gasteiger partial charge < -0.3 is 5.11 Å². The normalized spacial score (nSPS) is 10.6. The molecule has 1 rings (SSSR count). The fourth-order valence-electron chi connectivity index (χ4n) is 2.06. The van der Waals surface area contributed by atoms with Crippen LogP contribution >= 0.6 is 0 Å². The topological polar surface area (TPSA) is 37.3 Å². The van der Waals surface area contributed by atoms with Gasteiger partial charge in [0.05, 0.1) is 5.56 Å². The average molecular weight is 276 g/mol. The van der Waals surface area contributed by atoms with Crippen molar-refractivity contribution in [2.75, 3.05) is 0 Å². The summed E-state index contributed by atoms with van der Waals surface area (Å²) in [7, 11) is 0. The van der Waals surface area contributed by atoms with E-state index in [4.69, 9.17) is 5.11 Å². The van der Waals surface area contributed by atoms with Gasteiger partial charge in [0.25, 0.3) is 0 Å². The third kappa shape index (κ3) is 5.73. The van der Waals surface area contributed by atoms with Gasteiger partial charge in [-0.05, 0) is 41.9 Å². The molecule has 1 N–H and O–H groups in total. The van der Waals surface area contributed by atoms with Gasteiger partial charge in [0.2, 0.25) is 0 Å². The fraction of sp³-hybridized carbons (Fsp3) is 0.533. The van der Waals surface area contributed by atoms with E-state index >= 15 is 0 Å². The Labute approximate surface area is 140 Å². The first-order valence-corrected chi connectivity index (χ1v) is 6.25. The van der Waals surface area contributed by atoms with Crippen LogP contribution in [-0.2, 0) is 12.8 Å². The third-order valence-electron chi connectivity index (χ3n) is 2.67. The SMILES string of the molecule is CC(C)Cc1ccc(C(=O)O)c(CC(C)C)c1.[CaH2]. The molecule has 0 atom stereocenters. The van der Waals surface area contributed by atoms with Gasteiger partial charge in [0.1, 0.15) is 0 Å². The van der Waals surface area contributed by atoms with E-state index in [1.54, 1.807) is 6.07 Å². The Morgan fingerprint density at radius 2 is 1.67 bits per heavy atom. The predicted molar refractivity (Wildman–Crippen MR) is 79.0 cm³/mol. The number of benzene rings is 1. The summed E-state index contributed by atoms with van der Waals surface area (Å²) in [4.78, 5) is 11.1. The number of carboxylic acid groups (broad SMARTS) is 1. The van der Waals surface area contributed by atoms with Gasteiger partial charge in [-0.1, -0.05) is 39.8 Å². The van der Waals surface area contributed by atoms with E-state index in [9.17, 15) is 4.79 Å². The number of carbonyl (C=O) groups is 1. The summed E-state index contributed by atoms with van der Waals surface area (Å²) in [6.45, 7) is 8.57. The Morgan fingerprint density at radius 3 is 2.11 bits per heavy atom. The van der Waals surface area contributed by atoms with Gasteiger partial charge in [-0.3, -0.25) is 0 Å². The number of hydrogen-bond donors (Lipinski definition) is 1. The van der Waals surface area contributed by atoms with Crippen LogP contribution in [0.25, 0.3) is 0 Å². The maximum atomic E-state index is 11.1. The van der Waals surface area contributed by atoms with Gasteiger partial charge in [0, 0.05) is 0 Å². The first-order valence-electron chi connectivity index (χ1n) is 6.25. The van der Waals surface area contributed by atoms with E-state index in [0.29, 0.717) is 17.4 Å². The zero-order chi connectivity index (χ0) is 13.0. The Hall–Kier alpha value is -0.0503. The quantitative estimate of drug-likeness (QED) is 0.840. The molecule has 1 aromatic carbocycles. The third-order valence-corrected chi connectivity index (χ3v) is 2.67. The Morgan fingerprint density at radius 1 is 1.11 bits per heavy atom. The summed E-state index contributed by atoms with van der Waals surface area (Å²) in [6.07, 6.45) is 1.83. The minimum atomic E-state index is -0.822. The van der Waals surface area contributed by atoms with Gasteiger partial charge in [-0.25, -0.2) is 4.79 Å². The van der Waals surface area contributed by atoms with Crippen LogP contribution < -0.4 is 0 Å². The molecule has 0 aliphatic heterocycles. The first-order chi connectivity index (χ1) is 7.90. The van der Waals surface area contributed by atoms with E-state index in [-0.39, 0.29) is 37.7 Å². The summed E-state index contributed by atoms with van der Waals surface area (Å²) in [5.74, 6) is 0.247. The number of aromatic carboxylic acids is 1. The molecule has 1 aromatic rings. The second-order valence-electron chi connectivity index (χ2n) is 5.49. The summed E-state index contributed by atoms with van der Waals surface area (Å²) in [5.41, 5.74) is 2.65. The van der Waals surface area contributed by atoms with Crippen LogP contribution in [0.2, 0.25) is 0 Å². The maximum absolute atomic E-state index is 11.1. The van der Waals surface area contributed by atoms with Gasteiger partial charge in [-0.2, -0.15) is 0 Å². The summed E-state index contributed by atoms with van der Waals surface area (Å²) in [6, 6.07) is 5.74. The molecule has 0 unspecified atom stereocenters. The van der Waals surface area contributed by atoms with Crippen molar-refractivity contribution >= 4 is 43.7 Å². The molecule has 0 spiro atoms. The standard InChI is InChI=1S/C15H22O2.Ca.2H/c1-10(2)7-12-5-6-14(15(16)17)13(9-12)8-11(3)4;;;/h5-6,9-11H,7-8H2,1-4H3,(H,16,17);;;. The molecule has 0 aromatic heterocycles. The van der Waals surface area contributed by atoms with Gasteiger partial charge in [0.15, 0.2) is 0 Å². The van der Waals surface area contributed by atoms with Crippen LogP contribution in [0.4, 0.5) is 0 Å². The molecule has 0 saturated heterocycles. The molecule has 98 valence electrons. The van der Waals surface area contributed by atoms with Crippen molar-refractivity contribution in [3.63, 3.8) is 0 Å². The molecule has 0 fully saturated rings. The zero-order valence-electron chi connectivity index (χ0n) is 11.2. The second kappa shape index (κ2) is 8.19. The monoisotopic (exact) mass is 276 g/mol. The van der Waals surface area contributed by atoms with E-state index < -0.39 is 5.97 Å². The predicted octanol–water partition coefficient (Wildman–Crippen LogP) is 2.87. The fourth-order valence-corrected chi connectivity index (χ4v) is 2.06. The van der Waals surface area contributed by atoms with Gasteiger partial charge in [-0.15, -0.1) is 0 Å². The molecule has 0 bridgehead atoms. The summed E-state index contributed by atoms with van der Waals surface area (Å²) in [5, 5.41) is 9.15. The average Bonchev–Trinajstić information content (AvgIpc) is 2.15. The zero-order valence-corrected chi connectivity index (χ0v) is 11.2.